The molecule has 2 N–H and O–H groups in total. The van der Waals surface area contributed by atoms with E-state index in [0.29, 0.717) is 0 Å². The van der Waals surface area contributed by atoms with Crippen molar-refractivity contribution < 1.29 is 0 Å². The number of benzene rings is 2. The molecule has 0 amide bonds. The van der Waals surface area contributed by atoms with Crippen molar-refractivity contribution in [2.75, 3.05) is 18.0 Å². The predicted octanol–water partition coefficient (Wildman–Crippen LogP) is 3.39. The maximum atomic E-state index is 5.61. The summed E-state index contributed by atoms with van der Waals surface area (Å²) < 4.78 is 0. The van der Waals surface area contributed by atoms with Crippen LogP contribution in [0.25, 0.3) is 0 Å². The Morgan fingerprint density at radius 1 is 1.05 bits per heavy atom. The van der Waals surface area contributed by atoms with Crippen LogP contribution >= 0.6 is 0 Å². The number of hydrogen-bond donors (Lipinski definition) is 1. The van der Waals surface area contributed by atoms with E-state index in [9.17, 15) is 0 Å². The molecule has 1 atom stereocenters. The minimum absolute atomic E-state index is 0.719. The van der Waals surface area contributed by atoms with Gasteiger partial charge in [0.1, 0.15) is 0 Å². The Labute approximate surface area is 127 Å². The van der Waals surface area contributed by atoms with Gasteiger partial charge in [0.2, 0.25) is 0 Å². The number of nitrogens with zero attached hydrogens (tertiary/aromatic N) is 1. The van der Waals surface area contributed by atoms with Crippen LogP contribution in [0, 0.1) is 5.92 Å². The molecule has 0 spiro atoms. The van der Waals surface area contributed by atoms with Crippen molar-refractivity contribution in [3.05, 3.63) is 65.2 Å². The molecule has 2 aromatic carbocycles. The van der Waals surface area contributed by atoms with Gasteiger partial charge in [0, 0.05) is 18.8 Å². The molecule has 0 fully saturated rings. The standard InChI is InChI=1S/C19H24N2/c1-15-12-18-4-2-3-5-19(18)21(13-15)14-17-8-6-16(7-9-17)10-11-20/h2-9,15H,10-14,20H2,1H3. The first-order valence-electron chi connectivity index (χ1n) is 7.87. The third kappa shape index (κ3) is 3.27. The first kappa shape index (κ1) is 14.2. The summed E-state index contributed by atoms with van der Waals surface area (Å²) in [6.45, 7) is 5.19. The predicted molar refractivity (Wildman–Crippen MR) is 89.6 cm³/mol. The summed E-state index contributed by atoms with van der Waals surface area (Å²) in [5.74, 6) is 0.719. The molecule has 1 unspecified atom stereocenters. The van der Waals surface area contributed by atoms with Crippen LogP contribution in [0.4, 0.5) is 5.69 Å². The van der Waals surface area contributed by atoms with E-state index >= 15 is 0 Å². The van der Waals surface area contributed by atoms with Crippen LogP contribution in [0.5, 0.6) is 0 Å². The van der Waals surface area contributed by atoms with Crippen LogP contribution in [0.1, 0.15) is 23.6 Å². The summed E-state index contributed by atoms with van der Waals surface area (Å²) >= 11 is 0. The molecule has 2 heteroatoms. The van der Waals surface area contributed by atoms with Gasteiger partial charge in [-0.15, -0.1) is 0 Å². The van der Waals surface area contributed by atoms with Gasteiger partial charge in [-0.05, 0) is 48.1 Å². The van der Waals surface area contributed by atoms with Gasteiger partial charge in [0.05, 0.1) is 0 Å². The minimum atomic E-state index is 0.719. The number of hydrogen-bond acceptors (Lipinski definition) is 2. The highest BCUT2D eigenvalue weighted by atomic mass is 15.1. The van der Waals surface area contributed by atoms with Gasteiger partial charge in [0.25, 0.3) is 0 Å². The number of fused-ring (bicyclic) bond motifs is 1. The quantitative estimate of drug-likeness (QED) is 0.930. The fourth-order valence-corrected chi connectivity index (χ4v) is 3.25. The molecular formula is C19H24N2. The third-order valence-electron chi connectivity index (χ3n) is 4.26. The van der Waals surface area contributed by atoms with Gasteiger partial charge in [-0.1, -0.05) is 49.4 Å². The highest BCUT2D eigenvalue weighted by Crippen LogP contribution is 2.30. The van der Waals surface area contributed by atoms with Crippen molar-refractivity contribution >= 4 is 5.69 Å². The Morgan fingerprint density at radius 3 is 2.52 bits per heavy atom. The zero-order chi connectivity index (χ0) is 14.7. The Kier molecular flexibility index (Phi) is 4.26. The van der Waals surface area contributed by atoms with E-state index in [-0.39, 0.29) is 0 Å². The first-order chi connectivity index (χ1) is 10.3. The smallest absolute Gasteiger partial charge is 0.0429 e. The molecule has 0 saturated carbocycles. The minimum Gasteiger partial charge on any atom is -0.367 e. The lowest BCUT2D eigenvalue weighted by Gasteiger charge is -2.35. The Bertz CT molecular complexity index is 589. The number of para-hydroxylation sites is 1. The van der Waals surface area contributed by atoms with E-state index in [1.807, 2.05) is 0 Å². The fraction of sp³-hybridized carbons (Fsp3) is 0.368. The van der Waals surface area contributed by atoms with Crippen molar-refractivity contribution in [3.63, 3.8) is 0 Å². The molecule has 1 heterocycles. The Balaban J connectivity index is 1.78. The van der Waals surface area contributed by atoms with Crippen LogP contribution in [0.2, 0.25) is 0 Å². The van der Waals surface area contributed by atoms with Gasteiger partial charge < -0.3 is 10.6 Å². The maximum Gasteiger partial charge on any atom is 0.0429 e. The average Bonchev–Trinajstić information content (AvgIpc) is 2.49. The SMILES string of the molecule is CC1Cc2ccccc2N(Cc2ccc(CCN)cc2)C1. The molecule has 1 aliphatic rings. The largest absolute Gasteiger partial charge is 0.367 e. The zero-order valence-corrected chi connectivity index (χ0v) is 12.8. The summed E-state index contributed by atoms with van der Waals surface area (Å²) in [7, 11) is 0. The van der Waals surface area contributed by atoms with Crippen molar-refractivity contribution in [2.24, 2.45) is 11.7 Å². The van der Waals surface area contributed by atoms with Crippen LogP contribution in [0.3, 0.4) is 0 Å². The van der Waals surface area contributed by atoms with Crippen LogP contribution in [0.15, 0.2) is 48.5 Å². The van der Waals surface area contributed by atoms with Crippen LogP contribution in [-0.4, -0.2) is 13.1 Å². The van der Waals surface area contributed by atoms with Gasteiger partial charge in [-0.3, -0.25) is 0 Å². The van der Waals surface area contributed by atoms with Crippen molar-refractivity contribution in [1.82, 2.24) is 0 Å². The van der Waals surface area contributed by atoms with Crippen molar-refractivity contribution in [1.29, 1.82) is 0 Å². The summed E-state index contributed by atoms with van der Waals surface area (Å²) in [5, 5.41) is 0. The monoisotopic (exact) mass is 280 g/mol. The van der Waals surface area contributed by atoms with Crippen LogP contribution < -0.4 is 10.6 Å². The lowest BCUT2D eigenvalue weighted by molar-refractivity contribution is 0.530. The Morgan fingerprint density at radius 2 is 1.76 bits per heavy atom. The summed E-state index contributed by atoms with van der Waals surface area (Å²) in [6.07, 6.45) is 2.16. The molecule has 0 bridgehead atoms. The molecule has 21 heavy (non-hydrogen) atoms. The molecular weight excluding hydrogens is 256 g/mol. The van der Waals surface area contributed by atoms with E-state index in [4.69, 9.17) is 5.73 Å². The average molecular weight is 280 g/mol. The van der Waals surface area contributed by atoms with E-state index < -0.39 is 0 Å². The molecule has 2 aromatic rings. The van der Waals surface area contributed by atoms with E-state index in [1.54, 1.807) is 0 Å². The lowest BCUT2D eigenvalue weighted by atomic mass is 9.93. The van der Waals surface area contributed by atoms with Gasteiger partial charge >= 0.3 is 0 Å². The van der Waals surface area contributed by atoms with Gasteiger partial charge in [-0.2, -0.15) is 0 Å². The molecule has 110 valence electrons. The molecule has 2 nitrogen and oxygen atoms in total. The molecule has 0 radical (unpaired) electrons. The van der Waals surface area contributed by atoms with E-state index in [0.717, 1.165) is 32.0 Å². The normalized spacial score (nSPS) is 17.6. The van der Waals surface area contributed by atoms with Crippen molar-refractivity contribution in [3.8, 4) is 0 Å². The maximum absolute atomic E-state index is 5.61. The summed E-state index contributed by atoms with van der Waals surface area (Å²) in [6, 6.07) is 17.7. The highest BCUT2D eigenvalue weighted by molar-refractivity contribution is 5.56. The third-order valence-corrected chi connectivity index (χ3v) is 4.26. The number of anilines is 1. The molecule has 0 aromatic heterocycles. The first-order valence-corrected chi connectivity index (χ1v) is 7.87. The molecule has 3 rings (SSSR count). The number of nitrogens with two attached hydrogens (primary N) is 1. The second-order valence-electron chi connectivity index (χ2n) is 6.17. The highest BCUT2D eigenvalue weighted by Gasteiger charge is 2.21. The van der Waals surface area contributed by atoms with Gasteiger partial charge in [-0.25, -0.2) is 0 Å². The molecule has 1 aliphatic heterocycles. The van der Waals surface area contributed by atoms with Crippen molar-refractivity contribution in [2.45, 2.75) is 26.3 Å². The zero-order valence-electron chi connectivity index (χ0n) is 12.8. The van der Waals surface area contributed by atoms with E-state index in [2.05, 4.69) is 60.4 Å². The summed E-state index contributed by atoms with van der Waals surface area (Å²) in [5.41, 5.74) is 11.2. The molecule has 0 aliphatic carbocycles. The lowest BCUT2D eigenvalue weighted by Crippen LogP contribution is -2.33. The topological polar surface area (TPSA) is 29.3 Å². The van der Waals surface area contributed by atoms with E-state index in [1.165, 1.54) is 28.8 Å². The van der Waals surface area contributed by atoms with Gasteiger partial charge in [0.15, 0.2) is 0 Å². The number of rotatable bonds is 4. The second-order valence-corrected chi connectivity index (χ2v) is 6.17. The second kappa shape index (κ2) is 6.31. The van der Waals surface area contributed by atoms with Crippen LogP contribution in [-0.2, 0) is 19.4 Å². The molecule has 0 saturated heterocycles. The fourth-order valence-electron chi connectivity index (χ4n) is 3.25. The Hall–Kier alpha value is -1.80. The summed E-state index contributed by atoms with van der Waals surface area (Å²) in [4.78, 5) is 2.52.